The molecule has 0 saturated carbocycles. The Balaban J connectivity index is 1.31. The van der Waals surface area contributed by atoms with Crippen molar-refractivity contribution in [1.29, 1.82) is 0 Å². The number of nitro groups is 1. The van der Waals surface area contributed by atoms with Gasteiger partial charge in [-0.25, -0.2) is 5.43 Å². The zero-order chi connectivity index (χ0) is 24.1. The molecule has 0 amide bonds. The van der Waals surface area contributed by atoms with Gasteiger partial charge in [-0.2, -0.15) is 0 Å². The number of hydrogen-bond donors (Lipinski definition) is 2. The minimum atomic E-state index is -0.455. The number of carbonyl (C=O) groups excluding carboxylic acids is 2. The minimum absolute atomic E-state index is 0.0458. The van der Waals surface area contributed by atoms with Crippen molar-refractivity contribution in [2.75, 3.05) is 44.2 Å². The third-order valence-electron chi connectivity index (χ3n) is 6.02. The number of nitrogens with one attached hydrogen (secondary N) is 2. The molecule has 4 rings (SSSR count). The molecule has 1 fully saturated rings. The van der Waals surface area contributed by atoms with E-state index in [0.717, 1.165) is 19.6 Å². The van der Waals surface area contributed by atoms with E-state index in [4.69, 9.17) is 0 Å². The first-order valence-electron chi connectivity index (χ1n) is 11.0. The highest BCUT2D eigenvalue weighted by atomic mass is 16.6. The van der Waals surface area contributed by atoms with Crippen LogP contribution in [0.2, 0.25) is 0 Å². The summed E-state index contributed by atoms with van der Waals surface area (Å²) in [7, 11) is 0. The molecule has 2 N–H and O–H groups in total. The van der Waals surface area contributed by atoms with Gasteiger partial charge in [0.15, 0.2) is 0 Å². The summed E-state index contributed by atoms with van der Waals surface area (Å²) < 4.78 is 0. The van der Waals surface area contributed by atoms with Crippen molar-refractivity contribution in [2.45, 2.75) is 6.42 Å². The molecule has 2 aliphatic rings. The fourth-order valence-electron chi connectivity index (χ4n) is 4.31. The number of ketones is 2. The predicted molar refractivity (Wildman–Crippen MR) is 125 cm³/mol. The fourth-order valence-corrected chi connectivity index (χ4v) is 4.31. The van der Waals surface area contributed by atoms with Gasteiger partial charge in [-0.3, -0.25) is 24.6 Å². The highest BCUT2D eigenvalue weighted by Crippen LogP contribution is 2.28. The highest BCUT2D eigenvalue weighted by Gasteiger charge is 2.32. The number of piperazine rings is 1. The first-order chi connectivity index (χ1) is 16.5. The van der Waals surface area contributed by atoms with Crippen LogP contribution < -0.4 is 15.6 Å². The normalized spacial score (nSPS) is 16.3. The molecule has 0 radical (unpaired) electrons. The number of allylic oxidation sites excluding steroid dienone is 2. The minimum Gasteiger partial charge on any atom is -0.380 e. The maximum atomic E-state index is 12.9. The van der Waals surface area contributed by atoms with Crippen LogP contribution in [0.15, 0.2) is 65.2 Å². The SMILES string of the molecule is O=NNC1=C(NCCCN2CCN(c3ccccc3[N+](=O)[O-])CC2)C(=O)c2ccccc2C1=O. The van der Waals surface area contributed by atoms with Crippen molar-refractivity contribution in [3.8, 4) is 0 Å². The standard InChI is InChI=1S/C23H24N6O5/c30-22-16-6-1-2-7-17(16)23(31)21(25-26-32)20(22)24-10-5-11-27-12-14-28(15-13-27)18-8-3-4-9-19(18)29(33)34/h1-4,6-9,24H,5,10-15H2,(H,25,32). The third-order valence-corrected chi connectivity index (χ3v) is 6.02. The van der Waals surface area contributed by atoms with Crippen LogP contribution in [0.25, 0.3) is 0 Å². The summed E-state index contributed by atoms with van der Waals surface area (Å²) >= 11 is 0. The number of rotatable bonds is 9. The summed E-state index contributed by atoms with van der Waals surface area (Å²) in [4.78, 5) is 51.5. The molecule has 1 saturated heterocycles. The van der Waals surface area contributed by atoms with Crippen molar-refractivity contribution in [3.63, 3.8) is 0 Å². The lowest BCUT2D eigenvalue weighted by atomic mass is 9.90. The molecule has 0 unspecified atom stereocenters. The third kappa shape index (κ3) is 4.64. The first-order valence-corrected chi connectivity index (χ1v) is 11.0. The second-order valence-electron chi connectivity index (χ2n) is 8.01. The predicted octanol–water partition coefficient (Wildman–Crippen LogP) is 2.26. The summed E-state index contributed by atoms with van der Waals surface area (Å²) in [6.45, 7) is 4.02. The van der Waals surface area contributed by atoms with Gasteiger partial charge in [0, 0.05) is 49.9 Å². The lowest BCUT2D eigenvalue weighted by Gasteiger charge is -2.35. The molecule has 34 heavy (non-hydrogen) atoms. The summed E-state index contributed by atoms with van der Waals surface area (Å²) in [6, 6.07) is 13.2. The number of fused-ring (bicyclic) bond motifs is 1. The molecule has 1 aliphatic heterocycles. The van der Waals surface area contributed by atoms with Crippen molar-refractivity contribution >= 4 is 22.9 Å². The largest absolute Gasteiger partial charge is 0.380 e. The Morgan fingerprint density at radius 1 is 0.912 bits per heavy atom. The van der Waals surface area contributed by atoms with Crippen LogP contribution in [0.4, 0.5) is 11.4 Å². The highest BCUT2D eigenvalue weighted by molar-refractivity contribution is 6.26. The Hall–Kier alpha value is -4.12. The Morgan fingerprint density at radius 2 is 1.53 bits per heavy atom. The molecule has 0 atom stereocenters. The van der Waals surface area contributed by atoms with Crippen LogP contribution >= 0.6 is 0 Å². The van der Waals surface area contributed by atoms with Crippen molar-refractivity contribution in [1.82, 2.24) is 15.6 Å². The quantitative estimate of drug-likeness (QED) is 0.248. The summed E-state index contributed by atoms with van der Waals surface area (Å²) in [6.07, 6.45) is 0.694. The van der Waals surface area contributed by atoms with Crippen LogP contribution in [0.1, 0.15) is 27.1 Å². The lowest BCUT2D eigenvalue weighted by molar-refractivity contribution is -0.384. The Bertz CT molecular complexity index is 1160. The van der Waals surface area contributed by atoms with E-state index < -0.39 is 5.78 Å². The number of anilines is 1. The maximum absolute atomic E-state index is 12.9. The van der Waals surface area contributed by atoms with Gasteiger partial charge in [0.05, 0.1) is 10.2 Å². The van der Waals surface area contributed by atoms with Gasteiger partial charge < -0.3 is 10.2 Å². The van der Waals surface area contributed by atoms with Crippen LogP contribution in [0, 0.1) is 15.0 Å². The average Bonchev–Trinajstić information content (AvgIpc) is 2.87. The van der Waals surface area contributed by atoms with Gasteiger partial charge >= 0.3 is 0 Å². The smallest absolute Gasteiger partial charge is 0.292 e. The molecule has 1 heterocycles. The van der Waals surface area contributed by atoms with Gasteiger partial charge in [-0.1, -0.05) is 36.4 Å². The number of benzene rings is 2. The van der Waals surface area contributed by atoms with E-state index in [0.29, 0.717) is 31.7 Å². The summed E-state index contributed by atoms with van der Waals surface area (Å²) in [5.41, 5.74) is 3.30. The van der Waals surface area contributed by atoms with E-state index in [1.807, 2.05) is 4.90 Å². The van der Waals surface area contributed by atoms with Crippen molar-refractivity contribution in [2.24, 2.45) is 5.29 Å². The number of nitrogens with zero attached hydrogens (tertiary/aromatic N) is 4. The Kier molecular flexibility index (Phi) is 6.93. The van der Waals surface area contributed by atoms with Gasteiger partial charge in [0.1, 0.15) is 17.1 Å². The van der Waals surface area contributed by atoms with Crippen molar-refractivity contribution in [3.05, 3.63) is 86.1 Å². The van der Waals surface area contributed by atoms with Gasteiger partial charge in [0.2, 0.25) is 11.6 Å². The molecule has 11 nitrogen and oxygen atoms in total. The Labute approximate surface area is 195 Å². The van der Waals surface area contributed by atoms with E-state index in [9.17, 15) is 24.6 Å². The van der Waals surface area contributed by atoms with Crippen molar-refractivity contribution < 1.29 is 14.5 Å². The first kappa shape index (κ1) is 23.1. The zero-order valence-electron chi connectivity index (χ0n) is 18.4. The van der Waals surface area contributed by atoms with Gasteiger partial charge in [-0.15, -0.1) is 4.91 Å². The van der Waals surface area contributed by atoms with Crippen LogP contribution in [0.5, 0.6) is 0 Å². The molecule has 0 aromatic heterocycles. The molecular weight excluding hydrogens is 440 g/mol. The number of hydrogen-bond acceptors (Lipinski definition) is 9. The fraction of sp³-hybridized carbons (Fsp3) is 0.304. The lowest BCUT2D eigenvalue weighted by Crippen LogP contribution is -2.47. The van der Waals surface area contributed by atoms with Gasteiger partial charge in [-0.05, 0) is 19.0 Å². The zero-order valence-corrected chi connectivity index (χ0v) is 18.4. The average molecular weight is 464 g/mol. The number of carbonyl (C=O) groups is 2. The van der Waals surface area contributed by atoms with E-state index in [1.54, 1.807) is 42.5 Å². The summed E-state index contributed by atoms with van der Waals surface area (Å²) in [5.74, 6) is -0.817. The maximum Gasteiger partial charge on any atom is 0.292 e. The molecular formula is C23H24N6O5. The Morgan fingerprint density at radius 3 is 2.18 bits per heavy atom. The van der Waals surface area contributed by atoms with Crippen LogP contribution in [-0.4, -0.2) is 60.7 Å². The molecule has 1 aliphatic carbocycles. The molecule has 11 heteroatoms. The summed E-state index contributed by atoms with van der Waals surface area (Å²) in [5, 5.41) is 16.9. The van der Waals surface area contributed by atoms with Gasteiger partial charge in [0.25, 0.3) is 5.69 Å². The van der Waals surface area contributed by atoms with Crippen LogP contribution in [0.3, 0.4) is 0 Å². The molecule has 176 valence electrons. The number of Topliss-reactive ketones (excluding diaryl/α,β-unsaturated/α-hetero) is 2. The van der Waals surface area contributed by atoms with E-state index in [-0.39, 0.29) is 38.9 Å². The molecule has 2 aromatic carbocycles. The topological polar surface area (TPSA) is 137 Å². The number of nitro benzene ring substituents is 1. The number of nitroso groups, excluding NO2 is 1. The molecule has 0 bridgehead atoms. The second kappa shape index (κ2) is 10.2. The van der Waals surface area contributed by atoms with E-state index in [2.05, 4.69) is 20.9 Å². The van der Waals surface area contributed by atoms with Crippen LogP contribution in [-0.2, 0) is 0 Å². The molecule has 2 aromatic rings. The van der Waals surface area contributed by atoms with E-state index in [1.165, 1.54) is 6.07 Å². The van der Waals surface area contributed by atoms with E-state index >= 15 is 0 Å². The number of para-hydroxylation sites is 2. The second-order valence-corrected chi connectivity index (χ2v) is 8.01. The monoisotopic (exact) mass is 464 g/mol. The molecule has 0 spiro atoms.